The summed E-state index contributed by atoms with van der Waals surface area (Å²) in [6.07, 6.45) is 0. The third-order valence-corrected chi connectivity index (χ3v) is 3.62. The fourth-order valence-corrected chi connectivity index (χ4v) is 2.58. The number of benzene rings is 1. The van der Waals surface area contributed by atoms with Gasteiger partial charge in [-0.25, -0.2) is 4.79 Å². The van der Waals surface area contributed by atoms with E-state index in [1.54, 1.807) is 0 Å². The fraction of sp³-hybridized carbons (Fsp3) is 0.500. The van der Waals surface area contributed by atoms with Crippen LogP contribution < -0.4 is 10.2 Å². The second-order valence-electron chi connectivity index (χ2n) is 4.84. The molecule has 102 valence electrons. The molecule has 19 heavy (non-hydrogen) atoms. The minimum Gasteiger partial charge on any atom is -0.378 e. The van der Waals surface area contributed by atoms with E-state index in [0.29, 0.717) is 32.8 Å². The lowest BCUT2D eigenvalue weighted by Gasteiger charge is -2.33. The molecule has 2 aliphatic heterocycles. The molecule has 3 rings (SSSR count). The summed E-state index contributed by atoms with van der Waals surface area (Å²) in [5.41, 5.74) is 2.21. The van der Waals surface area contributed by atoms with Crippen LogP contribution >= 0.6 is 0 Å². The van der Waals surface area contributed by atoms with Gasteiger partial charge in [0.1, 0.15) is 0 Å². The average Bonchev–Trinajstić information content (AvgIpc) is 2.70. The van der Waals surface area contributed by atoms with E-state index in [9.17, 15) is 4.79 Å². The molecular weight excluding hydrogens is 242 g/mol. The summed E-state index contributed by atoms with van der Waals surface area (Å²) in [6, 6.07) is 8.21. The number of hydrogen-bond donors (Lipinski definition) is 1. The Labute approximate surface area is 113 Å². The molecule has 5 nitrogen and oxygen atoms in total. The maximum Gasteiger partial charge on any atom is 0.324 e. The minimum absolute atomic E-state index is 0.0967. The van der Waals surface area contributed by atoms with Gasteiger partial charge in [-0.1, -0.05) is 18.2 Å². The van der Waals surface area contributed by atoms with Crippen LogP contribution in [0.1, 0.15) is 5.56 Å². The summed E-state index contributed by atoms with van der Waals surface area (Å²) >= 11 is 0. The Balaban J connectivity index is 1.84. The maximum absolute atomic E-state index is 12.6. The van der Waals surface area contributed by atoms with Crippen LogP contribution in [0.4, 0.5) is 10.5 Å². The largest absolute Gasteiger partial charge is 0.378 e. The molecule has 0 atom stereocenters. The van der Waals surface area contributed by atoms with Crippen LogP contribution in [0.15, 0.2) is 24.3 Å². The molecule has 0 unspecified atom stereocenters. The van der Waals surface area contributed by atoms with Crippen molar-refractivity contribution in [2.45, 2.75) is 6.54 Å². The number of hydrogen-bond acceptors (Lipinski definition) is 3. The summed E-state index contributed by atoms with van der Waals surface area (Å²) in [7, 11) is 0. The highest BCUT2D eigenvalue weighted by Crippen LogP contribution is 2.23. The Kier molecular flexibility index (Phi) is 3.66. The van der Waals surface area contributed by atoms with E-state index in [0.717, 1.165) is 18.8 Å². The molecule has 0 spiro atoms. The second-order valence-corrected chi connectivity index (χ2v) is 4.84. The van der Waals surface area contributed by atoms with Crippen molar-refractivity contribution in [2.24, 2.45) is 0 Å². The number of rotatable bonds is 0. The van der Waals surface area contributed by atoms with Crippen molar-refractivity contribution in [3.8, 4) is 0 Å². The van der Waals surface area contributed by atoms with E-state index >= 15 is 0 Å². The number of para-hydroxylation sites is 1. The van der Waals surface area contributed by atoms with E-state index in [1.807, 2.05) is 28.0 Å². The topological polar surface area (TPSA) is 44.8 Å². The molecule has 0 saturated carbocycles. The number of anilines is 1. The highest BCUT2D eigenvalue weighted by molar-refractivity contribution is 5.93. The molecule has 0 aliphatic carbocycles. The van der Waals surface area contributed by atoms with Gasteiger partial charge in [-0.2, -0.15) is 0 Å². The lowest BCUT2D eigenvalue weighted by molar-refractivity contribution is 0.0549. The van der Waals surface area contributed by atoms with Gasteiger partial charge < -0.3 is 15.0 Å². The van der Waals surface area contributed by atoms with Crippen LogP contribution in [0.25, 0.3) is 0 Å². The van der Waals surface area contributed by atoms with Crippen molar-refractivity contribution in [1.82, 2.24) is 10.2 Å². The van der Waals surface area contributed by atoms with Crippen molar-refractivity contribution < 1.29 is 9.53 Å². The van der Waals surface area contributed by atoms with Crippen LogP contribution in [0.2, 0.25) is 0 Å². The normalized spacial score (nSPS) is 19.8. The minimum atomic E-state index is 0.0967. The molecule has 1 saturated heterocycles. The van der Waals surface area contributed by atoms with Crippen molar-refractivity contribution in [3.05, 3.63) is 29.8 Å². The van der Waals surface area contributed by atoms with Crippen molar-refractivity contribution in [2.75, 3.05) is 44.3 Å². The second kappa shape index (κ2) is 5.59. The fourth-order valence-electron chi connectivity index (χ4n) is 2.58. The molecule has 2 amide bonds. The Morgan fingerprint density at radius 1 is 1.16 bits per heavy atom. The van der Waals surface area contributed by atoms with Crippen molar-refractivity contribution >= 4 is 11.7 Å². The zero-order valence-corrected chi connectivity index (χ0v) is 11.0. The highest BCUT2D eigenvalue weighted by atomic mass is 16.5. The van der Waals surface area contributed by atoms with Crippen LogP contribution in [-0.4, -0.2) is 50.3 Å². The van der Waals surface area contributed by atoms with Crippen LogP contribution in [-0.2, 0) is 11.3 Å². The van der Waals surface area contributed by atoms with Gasteiger partial charge in [-0.05, 0) is 11.6 Å². The first-order valence-electron chi connectivity index (χ1n) is 6.79. The van der Waals surface area contributed by atoms with Crippen molar-refractivity contribution in [1.29, 1.82) is 0 Å². The van der Waals surface area contributed by atoms with Gasteiger partial charge in [0.05, 0.1) is 13.2 Å². The Morgan fingerprint density at radius 3 is 2.79 bits per heavy atom. The molecule has 2 heterocycles. The molecule has 1 aromatic carbocycles. The molecule has 0 aromatic heterocycles. The summed E-state index contributed by atoms with van der Waals surface area (Å²) < 4.78 is 5.31. The molecular formula is C14H19N3O2. The number of morpholine rings is 1. The van der Waals surface area contributed by atoms with Crippen LogP contribution in [0.5, 0.6) is 0 Å². The lowest BCUT2D eigenvalue weighted by Crippen LogP contribution is -2.49. The predicted molar refractivity (Wildman–Crippen MR) is 73.3 cm³/mol. The number of nitrogens with zero attached hydrogens (tertiary/aromatic N) is 2. The number of carbonyl (C=O) groups is 1. The number of ether oxygens (including phenoxy) is 1. The summed E-state index contributed by atoms with van der Waals surface area (Å²) in [5.74, 6) is 0. The summed E-state index contributed by atoms with van der Waals surface area (Å²) in [5, 5.41) is 3.35. The molecule has 1 fully saturated rings. The molecule has 0 radical (unpaired) electrons. The highest BCUT2D eigenvalue weighted by Gasteiger charge is 2.26. The zero-order chi connectivity index (χ0) is 13.1. The summed E-state index contributed by atoms with van der Waals surface area (Å²) in [4.78, 5) is 16.4. The predicted octanol–water partition coefficient (Wildman–Crippen LogP) is 1.05. The van der Waals surface area contributed by atoms with Gasteiger partial charge in [0.2, 0.25) is 0 Å². The van der Waals surface area contributed by atoms with Gasteiger partial charge in [-0.15, -0.1) is 0 Å². The van der Waals surface area contributed by atoms with E-state index in [-0.39, 0.29) is 6.03 Å². The van der Waals surface area contributed by atoms with Gasteiger partial charge >= 0.3 is 6.03 Å². The molecule has 2 aliphatic rings. The third-order valence-electron chi connectivity index (χ3n) is 3.62. The van der Waals surface area contributed by atoms with Crippen LogP contribution in [0, 0.1) is 0 Å². The monoisotopic (exact) mass is 261 g/mol. The van der Waals surface area contributed by atoms with Crippen molar-refractivity contribution in [3.63, 3.8) is 0 Å². The number of nitrogens with one attached hydrogen (secondary N) is 1. The number of carbonyl (C=O) groups excluding carboxylic acids is 1. The van der Waals surface area contributed by atoms with Gasteiger partial charge in [0.25, 0.3) is 0 Å². The van der Waals surface area contributed by atoms with Gasteiger partial charge in [0, 0.05) is 38.4 Å². The van der Waals surface area contributed by atoms with E-state index < -0.39 is 0 Å². The number of fused-ring (bicyclic) bond motifs is 1. The Morgan fingerprint density at radius 2 is 1.95 bits per heavy atom. The maximum atomic E-state index is 12.6. The number of urea groups is 1. The molecule has 5 heteroatoms. The summed E-state index contributed by atoms with van der Waals surface area (Å²) in [6.45, 7) is 5.01. The third kappa shape index (κ3) is 2.57. The van der Waals surface area contributed by atoms with E-state index in [4.69, 9.17) is 4.74 Å². The molecule has 1 aromatic rings. The van der Waals surface area contributed by atoms with E-state index in [2.05, 4.69) is 11.4 Å². The first-order valence-corrected chi connectivity index (χ1v) is 6.79. The van der Waals surface area contributed by atoms with Crippen LogP contribution in [0.3, 0.4) is 0 Å². The molecule has 1 N–H and O–H groups in total. The first-order chi connectivity index (χ1) is 9.36. The smallest absolute Gasteiger partial charge is 0.324 e. The Hall–Kier alpha value is -1.59. The number of amides is 2. The standard InChI is InChI=1S/C14H19N3O2/c18-14(16-7-9-19-10-8-16)17-6-5-15-11-12-3-1-2-4-13(12)17/h1-4,15H,5-11H2. The zero-order valence-electron chi connectivity index (χ0n) is 11.0. The van der Waals surface area contributed by atoms with Gasteiger partial charge in [-0.3, -0.25) is 4.90 Å². The lowest BCUT2D eigenvalue weighted by atomic mass is 10.1. The SMILES string of the molecule is O=C(N1CCOCC1)N1CCNCc2ccccc21. The quantitative estimate of drug-likeness (QED) is 0.759. The molecule has 0 bridgehead atoms. The average molecular weight is 261 g/mol. The van der Waals surface area contributed by atoms with E-state index in [1.165, 1.54) is 5.56 Å². The first kappa shape index (κ1) is 12.4. The Bertz CT molecular complexity index is 458. The van der Waals surface area contributed by atoms with Gasteiger partial charge in [0.15, 0.2) is 0 Å².